The molecule has 0 unspecified atom stereocenters. The van der Waals surface area contributed by atoms with Gasteiger partial charge in [-0.15, -0.1) is 11.6 Å². The van der Waals surface area contributed by atoms with Gasteiger partial charge in [-0.05, 0) is 12.3 Å². The van der Waals surface area contributed by atoms with Crippen molar-refractivity contribution in [3.8, 4) is 11.8 Å². The minimum Gasteiger partial charge on any atom is -0.284 e. The van der Waals surface area contributed by atoms with Crippen molar-refractivity contribution >= 4 is 17.4 Å². The van der Waals surface area contributed by atoms with Gasteiger partial charge < -0.3 is 0 Å². The number of halogens is 1. The molecular formula is C11H17ClO. The highest BCUT2D eigenvalue weighted by molar-refractivity contribution is 6.30. The van der Waals surface area contributed by atoms with Crippen molar-refractivity contribution in [1.29, 1.82) is 0 Å². The maximum absolute atomic E-state index is 10.6. The van der Waals surface area contributed by atoms with Gasteiger partial charge in [0, 0.05) is 6.42 Å². The topological polar surface area (TPSA) is 17.1 Å². The van der Waals surface area contributed by atoms with Crippen LogP contribution < -0.4 is 0 Å². The monoisotopic (exact) mass is 200 g/mol. The van der Waals surface area contributed by atoms with Crippen molar-refractivity contribution in [3.05, 3.63) is 0 Å². The zero-order valence-corrected chi connectivity index (χ0v) is 8.99. The Morgan fingerprint density at radius 2 is 1.92 bits per heavy atom. The lowest BCUT2D eigenvalue weighted by molar-refractivity contribution is -0.111. The molecule has 0 fully saturated rings. The average molecular weight is 201 g/mol. The predicted octanol–water partition coefficient (Wildman–Crippen LogP) is 3.16. The lowest BCUT2D eigenvalue weighted by Crippen LogP contribution is -1.92. The molecule has 0 N–H and O–H groups in total. The van der Waals surface area contributed by atoms with Crippen LogP contribution in [0.3, 0.4) is 0 Å². The van der Waals surface area contributed by atoms with Crippen LogP contribution in [-0.4, -0.2) is 11.7 Å². The molecule has 0 radical (unpaired) electrons. The third-order valence-corrected chi connectivity index (χ3v) is 2.00. The summed E-state index contributed by atoms with van der Waals surface area (Å²) in [5.74, 6) is 5.18. The van der Waals surface area contributed by atoms with Gasteiger partial charge in [-0.25, -0.2) is 0 Å². The number of rotatable bonds is 6. The van der Waals surface area contributed by atoms with Crippen molar-refractivity contribution in [2.24, 2.45) is 0 Å². The number of alkyl halides is 1. The summed E-state index contributed by atoms with van der Waals surface area (Å²) in [5, 5.41) is 0. The fraction of sp³-hybridized carbons (Fsp3) is 0.727. The molecule has 13 heavy (non-hydrogen) atoms. The van der Waals surface area contributed by atoms with Gasteiger partial charge in [0.15, 0.2) is 0 Å². The van der Waals surface area contributed by atoms with Crippen LogP contribution in [0.4, 0.5) is 0 Å². The Hall–Kier alpha value is -0.480. The van der Waals surface area contributed by atoms with Gasteiger partial charge in [-0.3, -0.25) is 4.79 Å². The van der Waals surface area contributed by atoms with Gasteiger partial charge in [-0.2, -0.15) is 0 Å². The molecule has 1 nitrogen and oxygen atoms in total. The van der Waals surface area contributed by atoms with E-state index >= 15 is 0 Å². The van der Waals surface area contributed by atoms with Crippen molar-refractivity contribution < 1.29 is 4.79 Å². The number of ketones is 1. The summed E-state index contributed by atoms with van der Waals surface area (Å²) in [6.07, 6.45) is 6.98. The van der Waals surface area contributed by atoms with Gasteiger partial charge in [0.2, 0.25) is 5.78 Å². The van der Waals surface area contributed by atoms with E-state index in [1.165, 1.54) is 25.7 Å². The Bertz CT molecular complexity index is 188. The molecule has 0 aliphatic rings. The molecule has 0 rings (SSSR count). The summed E-state index contributed by atoms with van der Waals surface area (Å²) in [4.78, 5) is 10.6. The van der Waals surface area contributed by atoms with Crippen molar-refractivity contribution in [2.45, 2.75) is 45.4 Å². The van der Waals surface area contributed by atoms with E-state index in [0.717, 1.165) is 12.8 Å². The number of carbonyl (C=O) groups is 1. The highest BCUT2D eigenvalue weighted by atomic mass is 35.5. The minimum absolute atomic E-state index is 0.0167. The largest absolute Gasteiger partial charge is 0.284 e. The molecule has 0 heterocycles. The summed E-state index contributed by atoms with van der Waals surface area (Å²) in [6, 6.07) is 0. The smallest absolute Gasteiger partial charge is 0.220 e. The maximum atomic E-state index is 10.6. The number of Topliss-reactive ketones (excluding diaryl/α,β-unsaturated/α-hetero) is 1. The summed E-state index contributed by atoms with van der Waals surface area (Å²) < 4.78 is 0. The number of hydrogen-bond acceptors (Lipinski definition) is 1. The molecule has 0 aromatic heterocycles. The highest BCUT2D eigenvalue weighted by Gasteiger charge is 1.89. The minimum atomic E-state index is -0.171. The Kier molecular flexibility index (Phi) is 9.25. The van der Waals surface area contributed by atoms with Crippen LogP contribution in [0, 0.1) is 11.8 Å². The van der Waals surface area contributed by atoms with E-state index in [-0.39, 0.29) is 11.7 Å². The molecule has 0 aromatic rings. The standard InChI is InChI=1S/C11H17ClO/c1-2-3-4-5-6-7-8-9-11(13)10-12/h2-7,10H2,1H3. The van der Waals surface area contributed by atoms with E-state index in [4.69, 9.17) is 11.6 Å². The molecule has 0 saturated heterocycles. The second kappa shape index (κ2) is 9.61. The first-order valence-corrected chi connectivity index (χ1v) is 5.42. The van der Waals surface area contributed by atoms with Crippen LogP contribution in [0.15, 0.2) is 0 Å². The molecule has 2 heteroatoms. The highest BCUT2D eigenvalue weighted by Crippen LogP contribution is 2.03. The zero-order chi connectivity index (χ0) is 9.94. The van der Waals surface area contributed by atoms with Crippen molar-refractivity contribution in [2.75, 3.05) is 5.88 Å². The van der Waals surface area contributed by atoms with E-state index in [1.54, 1.807) is 0 Å². The van der Waals surface area contributed by atoms with E-state index in [0.29, 0.717) is 0 Å². The first-order valence-electron chi connectivity index (χ1n) is 4.89. The number of hydrogen-bond donors (Lipinski definition) is 0. The Labute approximate surface area is 85.9 Å². The van der Waals surface area contributed by atoms with E-state index < -0.39 is 0 Å². The van der Waals surface area contributed by atoms with Crippen LogP contribution in [0.25, 0.3) is 0 Å². The Morgan fingerprint density at radius 1 is 1.23 bits per heavy atom. The molecule has 0 aromatic carbocycles. The summed E-state index contributed by atoms with van der Waals surface area (Å²) >= 11 is 5.28. The van der Waals surface area contributed by atoms with Crippen molar-refractivity contribution in [1.82, 2.24) is 0 Å². The van der Waals surface area contributed by atoms with E-state index in [1.807, 2.05) is 0 Å². The summed E-state index contributed by atoms with van der Waals surface area (Å²) in [6.45, 7) is 2.19. The van der Waals surface area contributed by atoms with E-state index in [9.17, 15) is 4.79 Å². The fourth-order valence-electron chi connectivity index (χ4n) is 1.01. The molecule has 0 saturated carbocycles. The number of unbranched alkanes of at least 4 members (excludes halogenated alkanes) is 5. The maximum Gasteiger partial charge on any atom is 0.220 e. The van der Waals surface area contributed by atoms with Gasteiger partial charge >= 0.3 is 0 Å². The van der Waals surface area contributed by atoms with Gasteiger partial charge in [0.1, 0.15) is 0 Å². The fourth-order valence-corrected chi connectivity index (χ4v) is 1.08. The number of carbonyl (C=O) groups excluding carboxylic acids is 1. The van der Waals surface area contributed by atoms with E-state index in [2.05, 4.69) is 18.8 Å². The van der Waals surface area contributed by atoms with Crippen molar-refractivity contribution in [3.63, 3.8) is 0 Å². The van der Waals surface area contributed by atoms with Crippen LogP contribution in [0.2, 0.25) is 0 Å². The lowest BCUT2D eigenvalue weighted by Gasteiger charge is -1.94. The third kappa shape index (κ3) is 9.43. The third-order valence-electron chi connectivity index (χ3n) is 1.75. The molecular weight excluding hydrogens is 184 g/mol. The molecule has 0 aliphatic carbocycles. The molecule has 0 bridgehead atoms. The molecule has 0 atom stereocenters. The van der Waals surface area contributed by atoms with Gasteiger partial charge in [0.25, 0.3) is 0 Å². The first-order chi connectivity index (χ1) is 6.31. The molecule has 0 spiro atoms. The Morgan fingerprint density at radius 3 is 2.54 bits per heavy atom. The second-order valence-corrected chi connectivity index (χ2v) is 3.29. The lowest BCUT2D eigenvalue weighted by atomic mass is 10.1. The van der Waals surface area contributed by atoms with Crippen LogP contribution in [-0.2, 0) is 4.79 Å². The first kappa shape index (κ1) is 12.5. The molecule has 0 aliphatic heterocycles. The zero-order valence-electron chi connectivity index (χ0n) is 8.24. The van der Waals surface area contributed by atoms with Gasteiger partial charge in [-0.1, -0.05) is 38.5 Å². The molecule has 0 amide bonds. The average Bonchev–Trinajstić information content (AvgIpc) is 2.16. The van der Waals surface area contributed by atoms with Crippen LogP contribution in [0.5, 0.6) is 0 Å². The summed E-state index contributed by atoms with van der Waals surface area (Å²) in [7, 11) is 0. The summed E-state index contributed by atoms with van der Waals surface area (Å²) in [5.41, 5.74) is 0. The molecule has 74 valence electrons. The Balaban J connectivity index is 3.23. The normalized spacial score (nSPS) is 9.08. The van der Waals surface area contributed by atoms with Gasteiger partial charge in [0.05, 0.1) is 5.88 Å². The predicted molar refractivity (Wildman–Crippen MR) is 56.9 cm³/mol. The SMILES string of the molecule is CCCCCCCC#CC(=O)CCl. The van der Waals surface area contributed by atoms with Crippen LogP contribution in [0.1, 0.15) is 45.4 Å². The van der Waals surface area contributed by atoms with Crippen LogP contribution >= 0.6 is 11.6 Å². The second-order valence-electron chi connectivity index (χ2n) is 3.02. The quantitative estimate of drug-likeness (QED) is 0.279.